The van der Waals surface area contributed by atoms with Gasteiger partial charge in [-0.1, -0.05) is 5.21 Å². The molecular formula is C13H13N5OS. The van der Waals surface area contributed by atoms with Crippen molar-refractivity contribution in [2.45, 2.75) is 13.1 Å². The third-order valence-corrected chi connectivity index (χ3v) is 3.73. The molecule has 0 bridgehead atoms. The Morgan fingerprint density at radius 2 is 2.30 bits per heavy atom. The van der Waals surface area contributed by atoms with Crippen LogP contribution in [0.3, 0.4) is 0 Å². The van der Waals surface area contributed by atoms with E-state index in [1.807, 2.05) is 29.6 Å². The molecule has 0 atom stereocenters. The lowest BCUT2D eigenvalue weighted by Crippen LogP contribution is -2.19. The van der Waals surface area contributed by atoms with Crippen LogP contribution in [0.15, 0.2) is 35.8 Å². The summed E-state index contributed by atoms with van der Waals surface area (Å²) in [7, 11) is 0. The van der Waals surface area contributed by atoms with Gasteiger partial charge in [-0.05, 0) is 35.0 Å². The van der Waals surface area contributed by atoms with Gasteiger partial charge < -0.3 is 11.1 Å². The largest absolute Gasteiger partial charge is 0.325 e. The number of nitrogens with two attached hydrogens (primary N) is 1. The molecule has 1 aromatic carbocycles. The van der Waals surface area contributed by atoms with E-state index >= 15 is 0 Å². The van der Waals surface area contributed by atoms with Crippen molar-refractivity contribution < 1.29 is 4.79 Å². The average Bonchev–Trinajstić information content (AvgIpc) is 3.06. The van der Waals surface area contributed by atoms with Crippen molar-refractivity contribution in [3.05, 3.63) is 41.5 Å². The minimum absolute atomic E-state index is 0.120. The predicted octanol–water partition coefficient (Wildman–Crippen LogP) is 1.59. The summed E-state index contributed by atoms with van der Waals surface area (Å²) in [6, 6.07) is 7.87. The SMILES string of the molecule is NCc1cn(CC(=O)Nc2ccc3sccc3c2)nn1. The fourth-order valence-corrected chi connectivity index (χ4v) is 2.67. The number of thiophene rings is 1. The summed E-state index contributed by atoms with van der Waals surface area (Å²) in [6.07, 6.45) is 1.67. The number of nitrogens with zero attached hydrogens (tertiary/aromatic N) is 3. The number of hydrogen-bond acceptors (Lipinski definition) is 5. The molecular weight excluding hydrogens is 274 g/mol. The molecule has 6 nitrogen and oxygen atoms in total. The molecule has 0 fully saturated rings. The van der Waals surface area contributed by atoms with Crippen molar-refractivity contribution >= 4 is 33.0 Å². The van der Waals surface area contributed by atoms with Crippen molar-refractivity contribution in [2.75, 3.05) is 5.32 Å². The summed E-state index contributed by atoms with van der Waals surface area (Å²) in [5.41, 5.74) is 6.89. The Bertz CT molecular complexity index is 748. The maximum absolute atomic E-state index is 11.9. The number of carbonyl (C=O) groups excluding carboxylic acids is 1. The Kier molecular flexibility index (Phi) is 3.44. The molecule has 2 aromatic heterocycles. The molecule has 0 saturated heterocycles. The topological polar surface area (TPSA) is 85.8 Å². The van der Waals surface area contributed by atoms with Crippen molar-refractivity contribution in [2.24, 2.45) is 5.73 Å². The lowest BCUT2D eigenvalue weighted by Gasteiger charge is -2.05. The average molecular weight is 287 g/mol. The predicted molar refractivity (Wildman–Crippen MR) is 78.4 cm³/mol. The van der Waals surface area contributed by atoms with E-state index < -0.39 is 0 Å². The van der Waals surface area contributed by atoms with E-state index in [4.69, 9.17) is 5.73 Å². The third-order valence-electron chi connectivity index (χ3n) is 2.84. The van der Waals surface area contributed by atoms with E-state index in [1.54, 1.807) is 17.5 Å². The number of benzene rings is 1. The second kappa shape index (κ2) is 5.40. The van der Waals surface area contributed by atoms with Gasteiger partial charge in [0.05, 0.1) is 11.9 Å². The van der Waals surface area contributed by atoms with Crippen LogP contribution in [0.4, 0.5) is 5.69 Å². The van der Waals surface area contributed by atoms with Crippen molar-refractivity contribution in [3.63, 3.8) is 0 Å². The molecule has 0 spiro atoms. The van der Waals surface area contributed by atoms with E-state index in [0.29, 0.717) is 12.2 Å². The zero-order chi connectivity index (χ0) is 13.9. The summed E-state index contributed by atoms with van der Waals surface area (Å²) >= 11 is 1.68. The number of hydrogen-bond donors (Lipinski definition) is 2. The number of carbonyl (C=O) groups is 1. The number of fused-ring (bicyclic) bond motifs is 1. The van der Waals surface area contributed by atoms with E-state index in [0.717, 1.165) is 11.1 Å². The van der Waals surface area contributed by atoms with E-state index in [-0.39, 0.29) is 12.5 Å². The minimum atomic E-state index is -0.145. The molecule has 0 unspecified atom stereocenters. The van der Waals surface area contributed by atoms with Gasteiger partial charge in [-0.2, -0.15) is 0 Å². The first kappa shape index (κ1) is 12.8. The second-order valence-corrected chi connectivity index (χ2v) is 5.28. The summed E-state index contributed by atoms with van der Waals surface area (Å²) in [6.45, 7) is 0.436. The van der Waals surface area contributed by atoms with Crippen LogP contribution >= 0.6 is 11.3 Å². The first-order valence-electron chi connectivity index (χ1n) is 6.11. The highest BCUT2D eigenvalue weighted by atomic mass is 32.1. The molecule has 0 aliphatic carbocycles. The van der Waals surface area contributed by atoms with Gasteiger partial charge in [-0.15, -0.1) is 16.4 Å². The van der Waals surface area contributed by atoms with E-state index in [9.17, 15) is 4.79 Å². The van der Waals surface area contributed by atoms with Crippen LogP contribution in [0.5, 0.6) is 0 Å². The van der Waals surface area contributed by atoms with Gasteiger partial charge in [0.15, 0.2) is 0 Å². The molecule has 2 heterocycles. The highest BCUT2D eigenvalue weighted by molar-refractivity contribution is 7.17. The zero-order valence-electron chi connectivity index (χ0n) is 10.6. The summed E-state index contributed by atoms with van der Waals surface area (Å²) in [4.78, 5) is 11.9. The van der Waals surface area contributed by atoms with E-state index in [1.165, 1.54) is 9.38 Å². The number of aromatic nitrogens is 3. The smallest absolute Gasteiger partial charge is 0.246 e. The van der Waals surface area contributed by atoms with Gasteiger partial charge in [-0.3, -0.25) is 4.79 Å². The number of anilines is 1. The van der Waals surface area contributed by atoms with Crippen LogP contribution in [-0.2, 0) is 17.9 Å². The second-order valence-electron chi connectivity index (χ2n) is 4.33. The van der Waals surface area contributed by atoms with Crippen molar-refractivity contribution in [1.82, 2.24) is 15.0 Å². The normalized spacial score (nSPS) is 10.8. The van der Waals surface area contributed by atoms with Gasteiger partial charge in [0.1, 0.15) is 6.54 Å². The van der Waals surface area contributed by atoms with Crippen molar-refractivity contribution in [1.29, 1.82) is 0 Å². The number of nitrogens with one attached hydrogen (secondary N) is 1. The van der Waals surface area contributed by atoms with E-state index in [2.05, 4.69) is 15.6 Å². The van der Waals surface area contributed by atoms with Crippen LogP contribution in [0.2, 0.25) is 0 Å². The molecule has 0 aliphatic rings. The molecule has 3 N–H and O–H groups in total. The van der Waals surface area contributed by atoms with Gasteiger partial charge in [0, 0.05) is 16.9 Å². The summed E-state index contributed by atoms with van der Waals surface area (Å²) in [5, 5.41) is 13.7. The monoisotopic (exact) mass is 287 g/mol. The molecule has 0 radical (unpaired) electrons. The van der Waals surface area contributed by atoms with Crippen molar-refractivity contribution in [3.8, 4) is 0 Å². The number of rotatable bonds is 4. The standard InChI is InChI=1S/C13H13N5OS/c14-6-11-7-18(17-16-11)8-13(19)15-10-1-2-12-9(5-10)3-4-20-12/h1-5,7H,6,8,14H2,(H,15,19). The molecule has 0 aliphatic heterocycles. The first-order chi connectivity index (χ1) is 9.74. The number of amides is 1. The van der Waals surface area contributed by atoms with Crippen LogP contribution in [0.1, 0.15) is 5.69 Å². The summed E-state index contributed by atoms with van der Waals surface area (Å²) < 4.78 is 2.67. The van der Waals surface area contributed by atoms with Crippen LogP contribution in [-0.4, -0.2) is 20.9 Å². The molecule has 20 heavy (non-hydrogen) atoms. The van der Waals surface area contributed by atoms with Gasteiger partial charge in [0.2, 0.25) is 5.91 Å². The molecule has 7 heteroatoms. The van der Waals surface area contributed by atoms with Gasteiger partial charge in [0.25, 0.3) is 0 Å². The highest BCUT2D eigenvalue weighted by Crippen LogP contribution is 2.23. The molecule has 1 amide bonds. The Morgan fingerprint density at radius 3 is 3.10 bits per heavy atom. The zero-order valence-corrected chi connectivity index (χ0v) is 11.4. The maximum Gasteiger partial charge on any atom is 0.246 e. The molecule has 102 valence electrons. The lowest BCUT2D eigenvalue weighted by atomic mass is 10.2. The lowest BCUT2D eigenvalue weighted by molar-refractivity contribution is -0.116. The van der Waals surface area contributed by atoms with Crippen LogP contribution in [0.25, 0.3) is 10.1 Å². The summed E-state index contributed by atoms with van der Waals surface area (Å²) in [5.74, 6) is -0.145. The Labute approximate surface area is 119 Å². The third kappa shape index (κ3) is 2.68. The van der Waals surface area contributed by atoms with Gasteiger partial charge in [-0.25, -0.2) is 4.68 Å². The molecule has 3 rings (SSSR count). The molecule has 3 aromatic rings. The first-order valence-corrected chi connectivity index (χ1v) is 6.99. The van der Waals surface area contributed by atoms with Gasteiger partial charge >= 0.3 is 0 Å². The van der Waals surface area contributed by atoms with Crippen LogP contribution in [0, 0.1) is 0 Å². The Hall–Kier alpha value is -2.25. The minimum Gasteiger partial charge on any atom is -0.325 e. The maximum atomic E-state index is 11.9. The quantitative estimate of drug-likeness (QED) is 0.763. The fourth-order valence-electron chi connectivity index (χ4n) is 1.90. The Morgan fingerprint density at radius 1 is 1.40 bits per heavy atom. The Balaban J connectivity index is 1.68. The highest BCUT2D eigenvalue weighted by Gasteiger charge is 2.06. The fraction of sp³-hybridized carbons (Fsp3) is 0.154. The molecule has 0 saturated carbocycles. The van der Waals surface area contributed by atoms with Crippen LogP contribution < -0.4 is 11.1 Å².